The quantitative estimate of drug-likeness (QED) is 0.509. The Hall–Kier alpha value is -1.70. The van der Waals surface area contributed by atoms with Crippen molar-refractivity contribution in [2.45, 2.75) is 11.7 Å². The van der Waals surface area contributed by atoms with Gasteiger partial charge in [-0.2, -0.15) is 12.6 Å². The number of hydrogen-bond acceptors (Lipinski definition) is 4. The van der Waals surface area contributed by atoms with Crippen LogP contribution in [0.2, 0.25) is 0 Å². The van der Waals surface area contributed by atoms with E-state index < -0.39 is 28.2 Å². The Morgan fingerprint density at radius 3 is 2.50 bits per heavy atom. The number of benzene rings is 1. The minimum absolute atomic E-state index is 0.110. The summed E-state index contributed by atoms with van der Waals surface area (Å²) in [5.41, 5.74) is -0.870. The summed E-state index contributed by atoms with van der Waals surface area (Å²) in [4.78, 5) is 22.6. The average Bonchev–Trinajstić information content (AvgIpc) is 2.61. The van der Waals surface area contributed by atoms with Crippen molar-refractivity contribution in [1.82, 2.24) is 0 Å². The first-order valence-corrected chi connectivity index (χ1v) is 5.53. The molecular formula is C10H8F2N2O3S. The first kappa shape index (κ1) is 12.7. The molecule has 1 aliphatic heterocycles. The second-order valence-corrected chi connectivity index (χ2v) is 4.60. The Balaban J connectivity index is 2.52. The number of carbonyl (C=O) groups excluding carboxylic acids is 1. The summed E-state index contributed by atoms with van der Waals surface area (Å²) in [6.45, 7) is 0.133. The molecule has 0 saturated carbocycles. The Labute approximate surface area is 106 Å². The van der Waals surface area contributed by atoms with E-state index in [1.54, 1.807) is 0 Å². The number of rotatable bonds is 2. The predicted molar refractivity (Wildman–Crippen MR) is 62.8 cm³/mol. The summed E-state index contributed by atoms with van der Waals surface area (Å²) in [5, 5.41) is 10.5. The molecule has 18 heavy (non-hydrogen) atoms. The number of halogens is 2. The van der Waals surface area contributed by atoms with Crippen molar-refractivity contribution < 1.29 is 18.5 Å². The summed E-state index contributed by atoms with van der Waals surface area (Å²) >= 11 is 4.09. The molecule has 0 aromatic heterocycles. The highest BCUT2D eigenvalue weighted by Gasteiger charge is 2.33. The molecule has 8 heteroatoms. The molecule has 0 bridgehead atoms. The number of thiol groups is 1. The third kappa shape index (κ3) is 2.15. The predicted octanol–water partition coefficient (Wildman–Crippen LogP) is 1.91. The van der Waals surface area contributed by atoms with Gasteiger partial charge in [-0.05, 0) is 0 Å². The Morgan fingerprint density at radius 2 is 2.00 bits per heavy atom. The largest absolute Gasteiger partial charge is 0.305 e. The SMILES string of the molecule is O=C1CC(S)CN1c1cc(F)c(F)cc1[N+](=O)[O-]. The molecule has 1 aliphatic rings. The molecule has 0 spiro atoms. The Kier molecular flexibility index (Phi) is 3.20. The number of amides is 1. The normalized spacial score (nSPS) is 19.4. The lowest BCUT2D eigenvalue weighted by Gasteiger charge is -2.16. The summed E-state index contributed by atoms with van der Waals surface area (Å²) in [7, 11) is 0. The van der Waals surface area contributed by atoms with Crippen molar-refractivity contribution in [2.24, 2.45) is 0 Å². The van der Waals surface area contributed by atoms with Gasteiger partial charge in [-0.15, -0.1) is 0 Å². The molecule has 0 aliphatic carbocycles. The molecule has 0 N–H and O–H groups in total. The maximum absolute atomic E-state index is 13.1. The summed E-state index contributed by atoms with van der Waals surface area (Å²) in [5.74, 6) is -2.95. The smallest absolute Gasteiger partial charge is 0.296 e. The number of nitro groups is 1. The van der Waals surface area contributed by atoms with E-state index in [-0.39, 0.29) is 23.9 Å². The molecule has 2 rings (SSSR count). The average molecular weight is 274 g/mol. The van der Waals surface area contributed by atoms with Crippen LogP contribution in [0.3, 0.4) is 0 Å². The topological polar surface area (TPSA) is 63.5 Å². The van der Waals surface area contributed by atoms with Gasteiger partial charge in [0.15, 0.2) is 11.6 Å². The number of nitro benzene ring substituents is 1. The van der Waals surface area contributed by atoms with Crippen LogP contribution in [-0.2, 0) is 4.79 Å². The van der Waals surface area contributed by atoms with Crippen molar-refractivity contribution in [3.63, 3.8) is 0 Å². The highest BCUT2D eigenvalue weighted by Crippen LogP contribution is 2.34. The fourth-order valence-electron chi connectivity index (χ4n) is 1.81. The first-order chi connectivity index (χ1) is 8.40. The van der Waals surface area contributed by atoms with Crippen molar-refractivity contribution >= 4 is 29.9 Å². The van der Waals surface area contributed by atoms with Gasteiger partial charge in [0, 0.05) is 24.3 Å². The van der Waals surface area contributed by atoms with E-state index in [2.05, 4.69) is 12.6 Å². The van der Waals surface area contributed by atoms with Crippen LogP contribution in [-0.4, -0.2) is 22.6 Å². The van der Waals surface area contributed by atoms with Crippen LogP contribution in [0.15, 0.2) is 12.1 Å². The summed E-state index contributed by atoms with van der Waals surface area (Å²) in [6.07, 6.45) is 0.110. The Bertz CT molecular complexity index is 538. The second-order valence-electron chi connectivity index (χ2n) is 3.87. The molecule has 1 aromatic rings. The van der Waals surface area contributed by atoms with Crippen LogP contribution in [0.1, 0.15) is 6.42 Å². The van der Waals surface area contributed by atoms with Crippen LogP contribution in [0.5, 0.6) is 0 Å². The van der Waals surface area contributed by atoms with Crippen LogP contribution in [0.25, 0.3) is 0 Å². The summed E-state index contributed by atoms with van der Waals surface area (Å²) < 4.78 is 26.1. The number of anilines is 1. The molecule has 1 aromatic carbocycles. The van der Waals surface area contributed by atoms with E-state index in [0.717, 1.165) is 4.90 Å². The summed E-state index contributed by atoms with van der Waals surface area (Å²) in [6, 6.07) is 1.14. The van der Waals surface area contributed by atoms with Crippen molar-refractivity contribution in [3.8, 4) is 0 Å². The van der Waals surface area contributed by atoms with Gasteiger partial charge in [-0.3, -0.25) is 14.9 Å². The van der Waals surface area contributed by atoms with Crippen LogP contribution >= 0.6 is 12.6 Å². The van der Waals surface area contributed by atoms with Crippen LogP contribution in [0, 0.1) is 21.7 Å². The molecule has 1 heterocycles. The van der Waals surface area contributed by atoms with E-state index in [1.165, 1.54) is 0 Å². The molecule has 5 nitrogen and oxygen atoms in total. The van der Waals surface area contributed by atoms with Crippen molar-refractivity contribution in [2.75, 3.05) is 11.4 Å². The monoisotopic (exact) mass is 274 g/mol. The molecule has 1 amide bonds. The molecule has 1 saturated heterocycles. The van der Waals surface area contributed by atoms with Gasteiger partial charge in [0.2, 0.25) is 5.91 Å². The standard InChI is InChI=1S/C10H8F2N2O3S/c11-6-2-8(9(14(16)17)3-7(6)12)13-4-5(18)1-10(13)15/h2-3,5,18H,1,4H2. The number of nitrogens with zero attached hydrogens (tertiary/aromatic N) is 2. The van der Waals surface area contributed by atoms with Crippen LogP contribution in [0.4, 0.5) is 20.2 Å². The lowest BCUT2D eigenvalue weighted by molar-refractivity contribution is -0.384. The van der Waals surface area contributed by atoms with Gasteiger partial charge in [0.1, 0.15) is 5.69 Å². The highest BCUT2D eigenvalue weighted by atomic mass is 32.1. The molecule has 1 fully saturated rings. The molecule has 1 unspecified atom stereocenters. The Morgan fingerprint density at radius 1 is 1.39 bits per heavy atom. The zero-order chi connectivity index (χ0) is 13.4. The minimum Gasteiger partial charge on any atom is -0.305 e. The van der Waals surface area contributed by atoms with Gasteiger partial charge >= 0.3 is 0 Å². The van der Waals surface area contributed by atoms with E-state index in [9.17, 15) is 23.7 Å². The third-order valence-corrected chi connectivity index (χ3v) is 2.96. The van der Waals surface area contributed by atoms with Gasteiger partial charge in [0.25, 0.3) is 5.69 Å². The fraction of sp³-hybridized carbons (Fsp3) is 0.300. The van der Waals surface area contributed by atoms with Gasteiger partial charge in [-0.1, -0.05) is 0 Å². The van der Waals surface area contributed by atoms with Gasteiger partial charge in [0.05, 0.1) is 11.0 Å². The molecule has 1 atom stereocenters. The molecule has 96 valence electrons. The third-order valence-electron chi connectivity index (χ3n) is 2.61. The van der Waals surface area contributed by atoms with E-state index >= 15 is 0 Å². The maximum Gasteiger partial charge on any atom is 0.296 e. The molecular weight excluding hydrogens is 266 g/mol. The zero-order valence-electron chi connectivity index (χ0n) is 8.97. The van der Waals surface area contributed by atoms with Crippen molar-refractivity contribution in [1.29, 1.82) is 0 Å². The minimum atomic E-state index is -1.32. The second kappa shape index (κ2) is 4.52. The lowest BCUT2D eigenvalue weighted by Crippen LogP contribution is -2.25. The molecule has 0 radical (unpaired) electrons. The van der Waals surface area contributed by atoms with Crippen LogP contribution < -0.4 is 4.90 Å². The number of hydrogen-bond donors (Lipinski definition) is 1. The maximum atomic E-state index is 13.1. The van der Waals surface area contributed by atoms with Gasteiger partial charge < -0.3 is 4.90 Å². The zero-order valence-corrected chi connectivity index (χ0v) is 9.86. The number of carbonyl (C=O) groups is 1. The van der Waals surface area contributed by atoms with Gasteiger partial charge in [-0.25, -0.2) is 8.78 Å². The van der Waals surface area contributed by atoms with Crippen molar-refractivity contribution in [3.05, 3.63) is 33.9 Å². The van der Waals surface area contributed by atoms with E-state index in [1.807, 2.05) is 0 Å². The van der Waals surface area contributed by atoms with E-state index in [4.69, 9.17) is 0 Å². The lowest BCUT2D eigenvalue weighted by atomic mass is 10.2. The van der Waals surface area contributed by atoms with E-state index in [0.29, 0.717) is 12.1 Å². The highest BCUT2D eigenvalue weighted by molar-refractivity contribution is 7.81. The fourth-order valence-corrected chi connectivity index (χ4v) is 2.13. The first-order valence-electron chi connectivity index (χ1n) is 5.02.